The number of hydrogen-bond donors (Lipinski definition) is 7. The molecule has 10 N–H and O–H groups in total. The number of nitrogens with one attached hydrogen (secondary N) is 3. The molecular formula is C22H35N7O5. The largest absolute Gasteiger partial charge is 0.480 e. The molecule has 0 radical (unpaired) electrons. The van der Waals surface area contributed by atoms with Crippen molar-refractivity contribution in [2.45, 2.75) is 51.2 Å². The lowest BCUT2D eigenvalue weighted by atomic mass is 10.0. The first-order valence-electron chi connectivity index (χ1n) is 11.0. The van der Waals surface area contributed by atoms with Crippen LogP contribution in [0, 0.1) is 5.92 Å². The molecule has 0 saturated heterocycles. The van der Waals surface area contributed by atoms with Crippen molar-refractivity contribution in [3.05, 3.63) is 35.9 Å². The average Bonchev–Trinajstić information content (AvgIpc) is 2.78. The summed E-state index contributed by atoms with van der Waals surface area (Å²) in [5.74, 6) is -3.43. The van der Waals surface area contributed by atoms with Gasteiger partial charge in [-0.3, -0.25) is 19.4 Å². The highest BCUT2D eigenvalue weighted by Gasteiger charge is 2.31. The second-order valence-electron chi connectivity index (χ2n) is 8.09. The summed E-state index contributed by atoms with van der Waals surface area (Å²) in [5.41, 5.74) is 16.7. The van der Waals surface area contributed by atoms with Gasteiger partial charge < -0.3 is 38.3 Å². The van der Waals surface area contributed by atoms with Gasteiger partial charge in [0.25, 0.3) is 0 Å². The molecule has 0 aliphatic heterocycles. The van der Waals surface area contributed by atoms with Crippen LogP contribution in [-0.4, -0.2) is 66.0 Å². The van der Waals surface area contributed by atoms with E-state index in [0.717, 1.165) is 5.56 Å². The Hall–Kier alpha value is -3.67. The Morgan fingerprint density at radius 1 is 0.971 bits per heavy atom. The first-order valence-corrected chi connectivity index (χ1v) is 11.0. The maximum absolute atomic E-state index is 12.9. The number of benzene rings is 1. The Balaban J connectivity index is 2.90. The number of carbonyl (C=O) groups is 4. The van der Waals surface area contributed by atoms with Crippen molar-refractivity contribution in [1.82, 2.24) is 16.0 Å². The number of carboxylic acid groups (broad SMARTS) is 1. The van der Waals surface area contributed by atoms with Gasteiger partial charge in [0.05, 0.1) is 6.54 Å². The number of amides is 3. The van der Waals surface area contributed by atoms with Crippen LogP contribution in [0.1, 0.15) is 32.3 Å². The number of nitrogens with two attached hydrogens (primary N) is 3. The quantitative estimate of drug-likeness (QED) is 0.0942. The van der Waals surface area contributed by atoms with Crippen molar-refractivity contribution in [2.24, 2.45) is 28.1 Å². The molecular weight excluding hydrogens is 442 g/mol. The number of carboxylic acids is 1. The molecule has 0 spiro atoms. The van der Waals surface area contributed by atoms with Gasteiger partial charge in [-0.25, -0.2) is 4.79 Å². The van der Waals surface area contributed by atoms with Crippen LogP contribution in [-0.2, 0) is 25.6 Å². The van der Waals surface area contributed by atoms with Crippen LogP contribution in [0.3, 0.4) is 0 Å². The molecule has 0 heterocycles. The van der Waals surface area contributed by atoms with Crippen LogP contribution in [0.25, 0.3) is 0 Å². The van der Waals surface area contributed by atoms with Crippen molar-refractivity contribution >= 4 is 29.7 Å². The fourth-order valence-electron chi connectivity index (χ4n) is 3.13. The molecule has 188 valence electrons. The second-order valence-corrected chi connectivity index (χ2v) is 8.09. The zero-order valence-electron chi connectivity index (χ0n) is 19.5. The smallest absolute Gasteiger partial charge is 0.326 e. The minimum absolute atomic E-state index is 0.0840. The fourth-order valence-corrected chi connectivity index (χ4v) is 3.13. The second kappa shape index (κ2) is 14.5. The Bertz CT molecular complexity index is 856. The fraction of sp³-hybridized carbons (Fsp3) is 0.500. The summed E-state index contributed by atoms with van der Waals surface area (Å²) in [4.78, 5) is 53.2. The van der Waals surface area contributed by atoms with Gasteiger partial charge in [0.1, 0.15) is 18.1 Å². The third-order valence-electron chi connectivity index (χ3n) is 4.93. The lowest BCUT2D eigenvalue weighted by Gasteiger charge is -2.26. The van der Waals surface area contributed by atoms with E-state index >= 15 is 0 Å². The van der Waals surface area contributed by atoms with Crippen LogP contribution in [0.2, 0.25) is 0 Å². The SMILES string of the molecule is CC(C)C(NC(=O)C(CCCN=C(N)N)NC(=O)CN)C(=O)NC(Cc1ccccc1)C(=O)O. The van der Waals surface area contributed by atoms with Crippen molar-refractivity contribution in [3.63, 3.8) is 0 Å². The third-order valence-corrected chi connectivity index (χ3v) is 4.93. The highest BCUT2D eigenvalue weighted by Crippen LogP contribution is 2.08. The third kappa shape index (κ3) is 10.3. The van der Waals surface area contributed by atoms with E-state index in [0.29, 0.717) is 6.42 Å². The van der Waals surface area contributed by atoms with E-state index in [4.69, 9.17) is 17.2 Å². The normalized spacial score (nSPS) is 13.3. The number of aliphatic carboxylic acids is 1. The van der Waals surface area contributed by atoms with E-state index in [9.17, 15) is 24.3 Å². The van der Waals surface area contributed by atoms with Gasteiger partial charge in [-0.2, -0.15) is 0 Å². The Morgan fingerprint density at radius 2 is 1.62 bits per heavy atom. The molecule has 12 heteroatoms. The molecule has 0 bridgehead atoms. The summed E-state index contributed by atoms with van der Waals surface area (Å²) in [7, 11) is 0. The lowest BCUT2D eigenvalue weighted by molar-refractivity contribution is -0.142. The van der Waals surface area contributed by atoms with Crippen LogP contribution in [0.4, 0.5) is 0 Å². The zero-order chi connectivity index (χ0) is 25.7. The number of hydrogen-bond acceptors (Lipinski definition) is 6. The number of aliphatic imine (C=N–C) groups is 1. The Kier molecular flexibility index (Phi) is 12.1. The van der Waals surface area contributed by atoms with Gasteiger partial charge >= 0.3 is 5.97 Å². The van der Waals surface area contributed by atoms with Crippen LogP contribution in [0.15, 0.2) is 35.3 Å². The van der Waals surface area contributed by atoms with Crippen LogP contribution in [0.5, 0.6) is 0 Å². The topological polar surface area (TPSA) is 215 Å². The predicted octanol–water partition coefficient (Wildman–Crippen LogP) is -1.56. The van der Waals surface area contributed by atoms with Crippen molar-refractivity contribution < 1.29 is 24.3 Å². The summed E-state index contributed by atoms with van der Waals surface area (Å²) in [6, 6.07) is 5.69. The van der Waals surface area contributed by atoms with E-state index in [2.05, 4.69) is 20.9 Å². The molecule has 1 rings (SSSR count). The molecule has 0 saturated carbocycles. The average molecular weight is 478 g/mol. The molecule has 1 aromatic rings. The molecule has 3 atom stereocenters. The minimum Gasteiger partial charge on any atom is -0.480 e. The Morgan fingerprint density at radius 3 is 2.15 bits per heavy atom. The van der Waals surface area contributed by atoms with E-state index in [1.54, 1.807) is 44.2 Å². The number of rotatable bonds is 14. The van der Waals surface area contributed by atoms with Crippen LogP contribution >= 0.6 is 0 Å². The van der Waals surface area contributed by atoms with Gasteiger partial charge in [-0.15, -0.1) is 0 Å². The standard InChI is InChI=1S/C22H35N7O5/c1-13(2)18(20(32)28-16(21(33)34)11-14-7-4-3-5-8-14)29-19(31)15(27-17(30)12-23)9-6-10-26-22(24)25/h3-5,7-8,13,15-16,18H,6,9-12,23H2,1-2H3,(H,27,30)(H,28,32)(H,29,31)(H,33,34)(H4,24,25,26). The van der Waals surface area contributed by atoms with E-state index in [1.807, 2.05) is 0 Å². The van der Waals surface area contributed by atoms with E-state index < -0.39 is 41.8 Å². The molecule has 34 heavy (non-hydrogen) atoms. The summed E-state index contributed by atoms with van der Waals surface area (Å²) in [6.07, 6.45) is 0.671. The van der Waals surface area contributed by atoms with Gasteiger partial charge in [-0.1, -0.05) is 44.2 Å². The first-order chi connectivity index (χ1) is 16.0. The monoisotopic (exact) mass is 477 g/mol. The Labute approximate surface area is 198 Å². The predicted molar refractivity (Wildman–Crippen MR) is 127 cm³/mol. The van der Waals surface area contributed by atoms with Crippen LogP contribution < -0.4 is 33.2 Å². The highest BCUT2D eigenvalue weighted by molar-refractivity contribution is 5.93. The molecule has 0 fully saturated rings. The molecule has 1 aromatic carbocycles. The van der Waals surface area contributed by atoms with Crippen molar-refractivity contribution in [2.75, 3.05) is 13.1 Å². The molecule has 0 aliphatic rings. The van der Waals surface area contributed by atoms with Gasteiger partial charge in [0.2, 0.25) is 17.7 Å². The minimum atomic E-state index is -1.20. The summed E-state index contributed by atoms with van der Waals surface area (Å²) in [6.45, 7) is 3.36. The maximum atomic E-state index is 12.9. The molecule has 12 nitrogen and oxygen atoms in total. The van der Waals surface area contributed by atoms with E-state index in [-0.39, 0.29) is 37.8 Å². The highest BCUT2D eigenvalue weighted by atomic mass is 16.4. The molecule has 3 amide bonds. The van der Waals surface area contributed by atoms with Crippen molar-refractivity contribution in [1.29, 1.82) is 0 Å². The molecule has 0 aromatic heterocycles. The van der Waals surface area contributed by atoms with Crippen molar-refractivity contribution in [3.8, 4) is 0 Å². The van der Waals surface area contributed by atoms with Gasteiger partial charge in [0, 0.05) is 13.0 Å². The maximum Gasteiger partial charge on any atom is 0.326 e. The molecule has 3 unspecified atom stereocenters. The number of guanidine groups is 1. The lowest BCUT2D eigenvalue weighted by Crippen LogP contribution is -2.58. The first kappa shape index (κ1) is 28.4. The summed E-state index contributed by atoms with van der Waals surface area (Å²) < 4.78 is 0. The van der Waals surface area contributed by atoms with Gasteiger partial charge in [-0.05, 0) is 24.3 Å². The zero-order valence-corrected chi connectivity index (χ0v) is 19.5. The number of nitrogens with zero attached hydrogens (tertiary/aromatic N) is 1. The molecule has 0 aliphatic carbocycles. The van der Waals surface area contributed by atoms with E-state index in [1.165, 1.54) is 0 Å². The number of carbonyl (C=O) groups excluding carboxylic acids is 3. The summed E-state index contributed by atoms with van der Waals surface area (Å²) >= 11 is 0. The van der Waals surface area contributed by atoms with Gasteiger partial charge in [0.15, 0.2) is 5.96 Å². The summed E-state index contributed by atoms with van der Waals surface area (Å²) in [5, 5.41) is 17.2.